The quantitative estimate of drug-likeness (QED) is 0.304. The fourth-order valence-electron chi connectivity index (χ4n) is 2.48. The highest BCUT2D eigenvalue weighted by atomic mass is 35.5. The molecule has 1 atom stereocenters. The molecule has 9 heteroatoms. The van der Waals surface area contributed by atoms with E-state index in [4.69, 9.17) is 16.3 Å². The van der Waals surface area contributed by atoms with E-state index in [1.807, 2.05) is 19.1 Å². The van der Waals surface area contributed by atoms with Crippen LogP contribution in [0, 0.1) is 10.1 Å². The van der Waals surface area contributed by atoms with Crippen LogP contribution in [0.15, 0.2) is 42.5 Å². The van der Waals surface area contributed by atoms with Gasteiger partial charge in [0.05, 0.1) is 4.92 Å². The zero-order valence-electron chi connectivity index (χ0n) is 15.8. The third-order valence-electron chi connectivity index (χ3n) is 4.12. The van der Waals surface area contributed by atoms with Crippen LogP contribution in [0.2, 0.25) is 5.02 Å². The summed E-state index contributed by atoms with van der Waals surface area (Å²) < 4.78 is 5.06. The van der Waals surface area contributed by atoms with Gasteiger partial charge in [-0.3, -0.25) is 24.5 Å². The Bertz CT molecular complexity index is 942. The maximum Gasteiger partial charge on any atom is 0.326 e. The Labute approximate surface area is 172 Å². The summed E-state index contributed by atoms with van der Waals surface area (Å²) in [6.07, 6.45) is -0.182. The third kappa shape index (κ3) is 5.86. The van der Waals surface area contributed by atoms with Gasteiger partial charge in [0.2, 0.25) is 5.78 Å². The van der Waals surface area contributed by atoms with E-state index < -0.39 is 35.1 Å². The molecule has 0 bridgehead atoms. The van der Waals surface area contributed by atoms with Crippen LogP contribution in [0.3, 0.4) is 0 Å². The SMILES string of the molecule is CCc1ccc(C(=O)[C@@H](C)OC(=O)CNC(=O)c2ccc(Cl)c([N+](=O)[O-])c2)cc1. The number of rotatable bonds is 8. The number of esters is 1. The fraction of sp³-hybridized carbons (Fsp3) is 0.250. The summed E-state index contributed by atoms with van der Waals surface area (Å²) in [6.45, 7) is 2.94. The van der Waals surface area contributed by atoms with Gasteiger partial charge in [-0.2, -0.15) is 0 Å². The van der Waals surface area contributed by atoms with E-state index in [9.17, 15) is 24.5 Å². The van der Waals surface area contributed by atoms with Crippen molar-refractivity contribution in [2.75, 3.05) is 6.54 Å². The molecule has 0 saturated carbocycles. The van der Waals surface area contributed by atoms with Crippen molar-refractivity contribution >= 4 is 34.9 Å². The highest BCUT2D eigenvalue weighted by molar-refractivity contribution is 6.32. The Morgan fingerprint density at radius 3 is 2.34 bits per heavy atom. The van der Waals surface area contributed by atoms with Gasteiger partial charge in [0.15, 0.2) is 6.10 Å². The van der Waals surface area contributed by atoms with E-state index in [1.54, 1.807) is 12.1 Å². The van der Waals surface area contributed by atoms with Crippen LogP contribution in [-0.2, 0) is 16.0 Å². The number of hydrogen-bond acceptors (Lipinski definition) is 6. The zero-order valence-corrected chi connectivity index (χ0v) is 16.6. The first-order valence-corrected chi connectivity index (χ1v) is 9.15. The Hall–Kier alpha value is -3.26. The number of amides is 1. The van der Waals surface area contributed by atoms with E-state index in [0.29, 0.717) is 5.56 Å². The summed E-state index contributed by atoms with van der Waals surface area (Å²) in [5.41, 5.74) is 1.04. The number of carbonyl (C=O) groups excluding carboxylic acids is 3. The lowest BCUT2D eigenvalue weighted by Gasteiger charge is -2.13. The Morgan fingerprint density at radius 1 is 1.14 bits per heavy atom. The number of halogens is 1. The largest absolute Gasteiger partial charge is 0.453 e. The van der Waals surface area contributed by atoms with Crippen LogP contribution < -0.4 is 5.32 Å². The molecule has 2 aromatic carbocycles. The molecule has 0 spiro atoms. The van der Waals surface area contributed by atoms with Crippen molar-refractivity contribution < 1.29 is 24.0 Å². The lowest BCUT2D eigenvalue weighted by atomic mass is 10.0. The van der Waals surface area contributed by atoms with Gasteiger partial charge in [0.25, 0.3) is 11.6 Å². The predicted octanol–water partition coefficient (Wildman–Crippen LogP) is 3.36. The number of nitro groups is 1. The van der Waals surface area contributed by atoms with Gasteiger partial charge in [-0.1, -0.05) is 42.8 Å². The van der Waals surface area contributed by atoms with Crippen molar-refractivity contribution in [3.8, 4) is 0 Å². The van der Waals surface area contributed by atoms with Crippen LogP contribution in [-0.4, -0.2) is 35.2 Å². The molecule has 0 aliphatic rings. The van der Waals surface area contributed by atoms with E-state index in [-0.39, 0.29) is 16.4 Å². The summed E-state index contributed by atoms with van der Waals surface area (Å²) >= 11 is 5.70. The van der Waals surface area contributed by atoms with E-state index >= 15 is 0 Å². The molecule has 1 N–H and O–H groups in total. The van der Waals surface area contributed by atoms with Gasteiger partial charge in [0.1, 0.15) is 11.6 Å². The summed E-state index contributed by atoms with van der Waals surface area (Å²) in [4.78, 5) is 46.5. The van der Waals surface area contributed by atoms with Crippen LogP contribution in [0.5, 0.6) is 0 Å². The summed E-state index contributed by atoms with van der Waals surface area (Å²) in [5.74, 6) is -1.88. The molecular weight excluding hydrogens is 400 g/mol. The minimum absolute atomic E-state index is 0.0333. The minimum Gasteiger partial charge on any atom is -0.453 e. The molecule has 0 radical (unpaired) electrons. The first-order chi connectivity index (χ1) is 13.7. The maximum atomic E-state index is 12.3. The highest BCUT2D eigenvalue weighted by Gasteiger charge is 2.21. The third-order valence-corrected chi connectivity index (χ3v) is 4.44. The zero-order chi connectivity index (χ0) is 21.6. The lowest BCUT2D eigenvalue weighted by Crippen LogP contribution is -2.34. The number of ketones is 1. The Balaban J connectivity index is 1.91. The van der Waals surface area contributed by atoms with Gasteiger partial charge in [0, 0.05) is 17.2 Å². The number of nitro benzene ring substituents is 1. The summed E-state index contributed by atoms with van der Waals surface area (Å²) in [5, 5.41) is 13.1. The van der Waals surface area contributed by atoms with E-state index in [0.717, 1.165) is 18.1 Å². The molecule has 29 heavy (non-hydrogen) atoms. The van der Waals surface area contributed by atoms with Crippen LogP contribution in [0.25, 0.3) is 0 Å². The number of carbonyl (C=O) groups is 3. The molecule has 152 valence electrons. The monoisotopic (exact) mass is 418 g/mol. The number of nitrogens with zero attached hydrogens (tertiary/aromatic N) is 1. The van der Waals surface area contributed by atoms with E-state index in [1.165, 1.54) is 19.1 Å². The fourth-order valence-corrected chi connectivity index (χ4v) is 2.67. The topological polar surface area (TPSA) is 116 Å². The van der Waals surface area contributed by atoms with E-state index in [2.05, 4.69) is 5.32 Å². The number of benzene rings is 2. The molecule has 0 heterocycles. The molecule has 0 fully saturated rings. The van der Waals surface area contributed by atoms with Gasteiger partial charge >= 0.3 is 5.97 Å². The summed E-state index contributed by atoms with van der Waals surface area (Å²) in [7, 11) is 0. The second-order valence-electron chi connectivity index (χ2n) is 6.15. The maximum absolute atomic E-state index is 12.3. The summed E-state index contributed by atoms with van der Waals surface area (Å²) in [6, 6.07) is 10.5. The van der Waals surface area contributed by atoms with Crippen molar-refractivity contribution in [2.24, 2.45) is 0 Å². The van der Waals surface area contributed by atoms with Gasteiger partial charge in [-0.15, -0.1) is 0 Å². The smallest absolute Gasteiger partial charge is 0.326 e. The van der Waals surface area contributed by atoms with Gasteiger partial charge in [-0.05, 0) is 31.0 Å². The first kappa shape index (κ1) is 22.0. The molecule has 0 aliphatic heterocycles. The predicted molar refractivity (Wildman–Crippen MR) is 106 cm³/mol. The molecule has 2 rings (SSSR count). The second kappa shape index (κ2) is 9.79. The average Bonchev–Trinajstić information content (AvgIpc) is 2.71. The standard InChI is InChI=1S/C20H19ClN2O6/c1-3-13-4-6-14(7-5-13)19(25)12(2)29-18(24)11-22-20(26)15-8-9-16(21)17(10-15)23(27)28/h4-10,12H,3,11H2,1-2H3,(H,22,26)/t12-/m1/s1. The molecule has 0 aromatic heterocycles. The highest BCUT2D eigenvalue weighted by Crippen LogP contribution is 2.24. The normalized spacial score (nSPS) is 11.4. The number of Topliss-reactive ketones (excluding diaryl/α,β-unsaturated/α-hetero) is 1. The molecule has 2 aromatic rings. The number of hydrogen-bond donors (Lipinski definition) is 1. The number of ether oxygens (including phenoxy) is 1. The minimum atomic E-state index is -1.02. The van der Waals surface area contributed by atoms with Gasteiger partial charge in [-0.25, -0.2) is 0 Å². The lowest BCUT2D eigenvalue weighted by molar-refractivity contribution is -0.384. The van der Waals surface area contributed by atoms with Crippen molar-refractivity contribution in [3.05, 3.63) is 74.3 Å². The molecule has 0 saturated heterocycles. The van der Waals surface area contributed by atoms with Crippen molar-refractivity contribution in [2.45, 2.75) is 26.4 Å². The molecule has 8 nitrogen and oxygen atoms in total. The van der Waals surface area contributed by atoms with Crippen LogP contribution in [0.1, 0.15) is 40.1 Å². The van der Waals surface area contributed by atoms with Gasteiger partial charge < -0.3 is 10.1 Å². The molecule has 1 amide bonds. The second-order valence-corrected chi connectivity index (χ2v) is 6.56. The van der Waals surface area contributed by atoms with Crippen molar-refractivity contribution in [1.29, 1.82) is 0 Å². The van der Waals surface area contributed by atoms with Crippen molar-refractivity contribution in [3.63, 3.8) is 0 Å². The Morgan fingerprint density at radius 2 is 1.76 bits per heavy atom. The van der Waals surface area contributed by atoms with Crippen molar-refractivity contribution in [1.82, 2.24) is 5.32 Å². The number of nitrogens with one attached hydrogen (secondary N) is 1. The Kier molecular flexibility index (Phi) is 7.44. The number of aryl methyl sites for hydroxylation is 1. The molecule has 0 aliphatic carbocycles. The molecule has 0 unspecified atom stereocenters. The molecular formula is C20H19ClN2O6. The van der Waals surface area contributed by atoms with Crippen LogP contribution >= 0.6 is 11.6 Å². The first-order valence-electron chi connectivity index (χ1n) is 8.77. The average molecular weight is 419 g/mol. The van der Waals surface area contributed by atoms with Crippen LogP contribution in [0.4, 0.5) is 5.69 Å².